The van der Waals surface area contributed by atoms with Crippen molar-refractivity contribution >= 4 is 5.78 Å². The fourth-order valence-electron chi connectivity index (χ4n) is 11.6. The van der Waals surface area contributed by atoms with E-state index in [1.807, 2.05) is 12.1 Å². The molecule has 9 heteroatoms. The third-order valence-electron chi connectivity index (χ3n) is 13.6. The van der Waals surface area contributed by atoms with Gasteiger partial charge in [-0.25, -0.2) is 0 Å². The second-order valence-electron chi connectivity index (χ2n) is 14.9. The number of piperidine rings is 2. The van der Waals surface area contributed by atoms with Crippen LogP contribution in [-0.4, -0.2) is 103 Å². The Hall–Kier alpha value is -2.85. The molecule has 9 nitrogen and oxygen atoms in total. The zero-order valence-corrected chi connectivity index (χ0v) is 26.7. The van der Waals surface area contributed by atoms with E-state index in [2.05, 4.69) is 36.0 Å². The first-order chi connectivity index (χ1) is 21.6. The number of rotatable bonds is 2. The molecule has 8 aliphatic rings. The third kappa shape index (κ3) is 3.12. The van der Waals surface area contributed by atoms with Gasteiger partial charge in [-0.15, -0.1) is 0 Å². The zero-order valence-electron chi connectivity index (χ0n) is 26.7. The van der Waals surface area contributed by atoms with Crippen LogP contribution in [0.15, 0.2) is 24.3 Å². The number of ketones is 1. The molecule has 2 aromatic carbocycles. The average Bonchev–Trinajstić information content (AvgIpc) is 3.57. The molecule has 8 atom stereocenters. The summed E-state index contributed by atoms with van der Waals surface area (Å²) in [6, 6.07) is 8.47. The van der Waals surface area contributed by atoms with Gasteiger partial charge in [0.1, 0.15) is 6.10 Å². The molecule has 0 unspecified atom stereocenters. The number of carbonyl (C=O) groups is 1. The Balaban J connectivity index is 0.000000125. The molecule has 240 valence electrons. The van der Waals surface area contributed by atoms with Crippen molar-refractivity contribution in [2.45, 2.75) is 104 Å². The summed E-state index contributed by atoms with van der Waals surface area (Å²) in [7, 11) is 7.56. The average molecular weight is 617 g/mol. The van der Waals surface area contributed by atoms with E-state index >= 15 is 0 Å². The van der Waals surface area contributed by atoms with E-state index in [9.17, 15) is 15.0 Å². The van der Waals surface area contributed by atoms with Crippen molar-refractivity contribution in [2.75, 3.05) is 41.4 Å². The largest absolute Gasteiger partial charge is 0.493 e. The van der Waals surface area contributed by atoms with Gasteiger partial charge in [0.25, 0.3) is 0 Å². The van der Waals surface area contributed by atoms with Gasteiger partial charge in [0, 0.05) is 29.6 Å². The lowest BCUT2D eigenvalue weighted by Crippen LogP contribution is -2.76. The van der Waals surface area contributed by atoms with E-state index in [-0.39, 0.29) is 29.4 Å². The SMILES string of the molecule is COc1ccc2c3c1O[C@H]1C(=O)CC[C@@]4(O)[C@@H](C2)N(C)CC[C@]314.COc1ccc2c3c1O[C@H]1CCC[C@@]4(O)[C@@H](C2)N(C)CC[C@]314. The maximum atomic E-state index is 12.7. The van der Waals surface area contributed by atoms with Crippen LogP contribution in [-0.2, 0) is 28.5 Å². The molecule has 2 saturated carbocycles. The highest BCUT2D eigenvalue weighted by atomic mass is 16.5. The lowest BCUT2D eigenvalue weighted by molar-refractivity contribution is -0.185. The summed E-state index contributed by atoms with van der Waals surface area (Å²) >= 11 is 0. The molecule has 2 saturated heterocycles. The quantitative estimate of drug-likeness (QED) is 0.528. The fourth-order valence-corrected chi connectivity index (χ4v) is 11.6. The molecule has 2 aromatic rings. The van der Waals surface area contributed by atoms with E-state index in [1.54, 1.807) is 14.2 Å². The number of hydrogen-bond donors (Lipinski definition) is 2. The van der Waals surface area contributed by atoms with E-state index in [4.69, 9.17) is 18.9 Å². The molecular formula is C36H44N2O7. The summed E-state index contributed by atoms with van der Waals surface area (Å²) in [5.74, 6) is 3.20. The molecule has 0 aromatic heterocycles. The molecule has 4 aliphatic carbocycles. The lowest BCUT2D eigenvalue weighted by Gasteiger charge is -2.62. The summed E-state index contributed by atoms with van der Waals surface area (Å²) in [6.45, 7) is 1.90. The van der Waals surface area contributed by atoms with Gasteiger partial charge in [0.15, 0.2) is 34.9 Å². The summed E-state index contributed by atoms with van der Waals surface area (Å²) in [5.41, 5.74) is 2.47. The van der Waals surface area contributed by atoms with Crippen LogP contribution in [0.3, 0.4) is 0 Å². The van der Waals surface area contributed by atoms with Gasteiger partial charge >= 0.3 is 0 Å². The van der Waals surface area contributed by atoms with Crippen molar-refractivity contribution in [3.05, 3.63) is 46.5 Å². The van der Waals surface area contributed by atoms with Crippen LogP contribution in [0.25, 0.3) is 0 Å². The number of nitrogens with zero attached hydrogens (tertiary/aromatic N) is 2. The second kappa shape index (κ2) is 9.15. The van der Waals surface area contributed by atoms with Crippen molar-refractivity contribution in [2.24, 2.45) is 0 Å². The highest BCUT2D eigenvalue weighted by Crippen LogP contribution is 2.66. The van der Waals surface area contributed by atoms with Crippen molar-refractivity contribution in [1.82, 2.24) is 9.80 Å². The van der Waals surface area contributed by atoms with Gasteiger partial charge in [0.2, 0.25) is 0 Å². The number of carbonyl (C=O) groups excluding carboxylic acids is 1. The number of ether oxygens (including phenoxy) is 4. The number of hydrogen-bond acceptors (Lipinski definition) is 9. The molecule has 4 bridgehead atoms. The van der Waals surface area contributed by atoms with Crippen molar-refractivity contribution in [3.8, 4) is 23.0 Å². The monoisotopic (exact) mass is 616 g/mol. The number of benzene rings is 2. The van der Waals surface area contributed by atoms with Crippen molar-refractivity contribution < 1.29 is 34.0 Å². The minimum absolute atomic E-state index is 0.0438. The van der Waals surface area contributed by atoms with Crippen LogP contribution in [0.2, 0.25) is 0 Å². The molecule has 2 spiro atoms. The number of aliphatic hydroxyl groups is 2. The van der Waals surface area contributed by atoms with Gasteiger partial charge < -0.3 is 39.0 Å². The minimum Gasteiger partial charge on any atom is -0.493 e. The lowest BCUT2D eigenvalue weighted by atomic mass is 9.49. The van der Waals surface area contributed by atoms with Crippen LogP contribution in [0.1, 0.15) is 67.2 Å². The standard InChI is InChI=1S/C18H21NO4.C18H23NO3/c1-19-8-7-17-14-10-3-4-12(22-2)15(14)23-16(17)11(20)5-6-18(17,21)13(19)9-10;1-19-9-8-17-14-4-3-7-18(17,20)13(19)10-11-5-6-12(21-2)16(22-14)15(11)17/h3-4,13,16,21H,5-9H2,1-2H3;5-6,13-14,20H,3-4,7-10H2,1-2H3/t13-,16+,17+,18-;13-,14+,17-,18-/m11/s1. The van der Waals surface area contributed by atoms with E-state index in [1.165, 1.54) is 16.7 Å². The molecule has 2 N–H and O–H groups in total. The molecule has 4 aliphatic heterocycles. The van der Waals surface area contributed by atoms with Gasteiger partial charge in [-0.1, -0.05) is 12.1 Å². The molecule has 0 radical (unpaired) electrons. The molecule has 4 heterocycles. The molecule has 10 rings (SSSR count). The molecule has 0 amide bonds. The summed E-state index contributed by atoms with van der Waals surface area (Å²) in [4.78, 5) is 17.3. The third-order valence-corrected chi connectivity index (χ3v) is 13.6. The van der Waals surface area contributed by atoms with E-state index in [0.29, 0.717) is 24.3 Å². The van der Waals surface area contributed by atoms with Gasteiger partial charge in [-0.2, -0.15) is 0 Å². The summed E-state index contributed by atoms with van der Waals surface area (Å²) in [5, 5.41) is 23.5. The molecule has 45 heavy (non-hydrogen) atoms. The maximum Gasteiger partial charge on any atom is 0.174 e. The number of likely N-dealkylation sites (N-methyl/N-ethyl adjacent to an activating group) is 2. The van der Waals surface area contributed by atoms with Gasteiger partial charge in [0.05, 0.1) is 36.3 Å². The van der Waals surface area contributed by atoms with Crippen molar-refractivity contribution in [3.63, 3.8) is 0 Å². The first-order valence-electron chi connectivity index (χ1n) is 16.8. The number of methoxy groups -OCH3 is 2. The Labute approximate surface area is 264 Å². The smallest absolute Gasteiger partial charge is 0.174 e. The first-order valence-corrected chi connectivity index (χ1v) is 16.8. The Morgan fingerprint density at radius 1 is 0.778 bits per heavy atom. The van der Waals surface area contributed by atoms with Crippen LogP contribution in [0.4, 0.5) is 0 Å². The topological polar surface area (TPSA) is 101 Å². The second-order valence-corrected chi connectivity index (χ2v) is 14.9. The first kappa shape index (κ1) is 28.4. The molecular weight excluding hydrogens is 572 g/mol. The van der Waals surface area contributed by atoms with E-state index in [0.717, 1.165) is 75.1 Å². The van der Waals surface area contributed by atoms with Crippen LogP contribution in [0, 0.1) is 0 Å². The molecule has 4 fully saturated rings. The summed E-state index contributed by atoms with van der Waals surface area (Å²) in [6.07, 6.45) is 6.86. The van der Waals surface area contributed by atoms with Gasteiger partial charge in [-0.05, 0) is 102 Å². The number of likely N-dealkylation sites (tertiary alicyclic amines) is 2. The maximum absolute atomic E-state index is 12.7. The Kier molecular flexibility index (Phi) is 5.77. The van der Waals surface area contributed by atoms with E-state index < -0.39 is 22.7 Å². The fraction of sp³-hybridized carbons (Fsp3) is 0.639. The van der Waals surface area contributed by atoms with Crippen LogP contribution >= 0.6 is 0 Å². The van der Waals surface area contributed by atoms with Crippen molar-refractivity contribution in [1.29, 1.82) is 0 Å². The Bertz CT molecular complexity index is 1630. The van der Waals surface area contributed by atoms with Crippen LogP contribution < -0.4 is 18.9 Å². The predicted octanol–water partition coefficient (Wildman–Crippen LogP) is 2.92. The zero-order chi connectivity index (χ0) is 31.1. The van der Waals surface area contributed by atoms with Gasteiger partial charge in [-0.3, -0.25) is 4.79 Å². The predicted molar refractivity (Wildman–Crippen MR) is 166 cm³/mol. The highest BCUT2D eigenvalue weighted by Gasteiger charge is 2.73. The Morgan fingerprint density at radius 3 is 1.96 bits per heavy atom. The number of Topliss-reactive ketones (excluding diaryl/α,β-unsaturated/α-hetero) is 1. The highest BCUT2D eigenvalue weighted by molar-refractivity contribution is 5.90. The van der Waals surface area contributed by atoms with Crippen LogP contribution in [0.5, 0.6) is 23.0 Å². The normalized spacial score (nSPS) is 41.2. The minimum atomic E-state index is -0.900. The Morgan fingerprint density at radius 2 is 1.33 bits per heavy atom. The summed E-state index contributed by atoms with van der Waals surface area (Å²) < 4.78 is 23.6.